The molecule has 2 saturated carbocycles. The van der Waals surface area contributed by atoms with Gasteiger partial charge in [0.2, 0.25) is 0 Å². The van der Waals surface area contributed by atoms with Gasteiger partial charge in [0, 0.05) is 24.7 Å². The Morgan fingerprint density at radius 3 is 2.60 bits per heavy atom. The molecule has 3 rings (SSSR count). The fraction of sp³-hybridized carbons (Fsp3) is 0.737. The molecule has 2 aliphatic carbocycles. The summed E-state index contributed by atoms with van der Waals surface area (Å²) in [6.45, 7) is -0.139. The van der Waals surface area contributed by atoms with E-state index in [0.717, 1.165) is 12.8 Å². The Bertz CT molecular complexity index is 791. The summed E-state index contributed by atoms with van der Waals surface area (Å²) in [4.78, 5) is 11.9. The van der Waals surface area contributed by atoms with Crippen molar-refractivity contribution in [3.05, 3.63) is 11.8 Å². The van der Waals surface area contributed by atoms with Crippen LogP contribution in [0.4, 0.5) is 19.0 Å². The van der Waals surface area contributed by atoms with Gasteiger partial charge in [-0.15, -0.1) is 0 Å². The van der Waals surface area contributed by atoms with Crippen LogP contribution in [-0.2, 0) is 5.54 Å². The number of rotatable bonds is 9. The largest absolute Gasteiger partial charge is 0.390 e. The highest BCUT2D eigenvalue weighted by atomic mass is 19.4. The first-order chi connectivity index (χ1) is 14.1. The zero-order valence-corrected chi connectivity index (χ0v) is 16.6. The number of nitrogens with zero attached hydrogens (tertiary/aromatic N) is 3. The first-order valence-electron chi connectivity index (χ1n) is 10.2. The predicted octanol–water partition coefficient (Wildman–Crippen LogP) is 2.22. The smallest absolute Gasteiger partial charge is 0.373 e. The minimum atomic E-state index is -4.19. The van der Waals surface area contributed by atoms with Gasteiger partial charge in [-0.1, -0.05) is 0 Å². The van der Waals surface area contributed by atoms with Crippen LogP contribution in [0.15, 0.2) is 6.20 Å². The van der Waals surface area contributed by atoms with Gasteiger partial charge in [-0.3, -0.25) is 9.48 Å². The molecule has 1 heterocycles. The van der Waals surface area contributed by atoms with Gasteiger partial charge < -0.3 is 21.5 Å². The van der Waals surface area contributed by atoms with Crippen molar-refractivity contribution in [2.75, 3.05) is 11.9 Å². The van der Waals surface area contributed by atoms with E-state index < -0.39 is 30.3 Å². The third-order valence-electron chi connectivity index (χ3n) is 5.98. The van der Waals surface area contributed by atoms with Crippen LogP contribution >= 0.6 is 0 Å². The number of primary amides is 1. The Labute approximate surface area is 172 Å². The number of nitrogens with two attached hydrogens (primary N) is 1. The van der Waals surface area contributed by atoms with Crippen LogP contribution in [0, 0.1) is 17.2 Å². The first kappa shape index (κ1) is 22.4. The molecule has 8 nitrogen and oxygen atoms in total. The number of aliphatic hydroxyl groups is 1. The summed E-state index contributed by atoms with van der Waals surface area (Å²) in [6.07, 6.45) is -0.268. The van der Waals surface area contributed by atoms with E-state index in [4.69, 9.17) is 5.73 Å². The molecule has 1 aromatic rings. The van der Waals surface area contributed by atoms with Crippen molar-refractivity contribution in [2.24, 2.45) is 11.7 Å². The molecule has 5 N–H and O–H groups in total. The highest BCUT2D eigenvalue weighted by molar-refractivity contribution is 5.97. The van der Waals surface area contributed by atoms with E-state index in [9.17, 15) is 28.3 Å². The molecular formula is C19H27F3N6O2. The van der Waals surface area contributed by atoms with Crippen LogP contribution in [0.5, 0.6) is 0 Å². The van der Waals surface area contributed by atoms with Gasteiger partial charge in [0.1, 0.15) is 11.8 Å². The van der Waals surface area contributed by atoms with Gasteiger partial charge in [-0.2, -0.15) is 23.5 Å². The fourth-order valence-electron chi connectivity index (χ4n) is 3.99. The van der Waals surface area contributed by atoms with Crippen LogP contribution in [0.1, 0.15) is 61.7 Å². The molecule has 0 bridgehead atoms. The molecule has 2 aliphatic rings. The number of amides is 1. The molecule has 30 heavy (non-hydrogen) atoms. The van der Waals surface area contributed by atoms with Crippen molar-refractivity contribution in [1.82, 2.24) is 15.1 Å². The van der Waals surface area contributed by atoms with Crippen LogP contribution in [0.25, 0.3) is 0 Å². The lowest BCUT2D eigenvalue weighted by Crippen LogP contribution is -2.44. The lowest BCUT2D eigenvalue weighted by Gasteiger charge is -2.39. The predicted molar refractivity (Wildman–Crippen MR) is 102 cm³/mol. The number of hydrogen-bond donors (Lipinski definition) is 4. The maximum absolute atomic E-state index is 12.4. The molecule has 1 aromatic heterocycles. The van der Waals surface area contributed by atoms with E-state index in [-0.39, 0.29) is 36.3 Å². The Hall–Kier alpha value is -2.32. The Morgan fingerprint density at radius 1 is 1.40 bits per heavy atom. The van der Waals surface area contributed by atoms with Gasteiger partial charge in [0.15, 0.2) is 5.82 Å². The molecule has 0 aliphatic heterocycles. The average molecular weight is 428 g/mol. The van der Waals surface area contributed by atoms with Crippen molar-refractivity contribution in [3.8, 4) is 6.07 Å². The molecule has 0 aromatic carbocycles. The van der Waals surface area contributed by atoms with Gasteiger partial charge >= 0.3 is 6.18 Å². The molecule has 0 spiro atoms. The zero-order chi connectivity index (χ0) is 21.9. The minimum absolute atomic E-state index is 0.0698. The standard InChI is InChI=1S/C19H27F3N6O2/c20-19(21,22)8-10-25-13-3-5-18(6-4-13,7-9-23)28-11-14(15(24)29)16(27-28)26-17(30)12-1-2-12/h11-13,17,25,30H,1-8,10H2,(H2,24,29)(H,26,27). The lowest BCUT2D eigenvalue weighted by atomic mass is 9.77. The van der Waals surface area contributed by atoms with E-state index >= 15 is 0 Å². The van der Waals surface area contributed by atoms with E-state index in [1.165, 1.54) is 6.20 Å². The van der Waals surface area contributed by atoms with Crippen LogP contribution in [-0.4, -0.2) is 45.8 Å². The number of aromatic nitrogens is 2. The van der Waals surface area contributed by atoms with Crippen LogP contribution in [0.2, 0.25) is 0 Å². The molecule has 166 valence electrons. The number of nitrogens with one attached hydrogen (secondary N) is 2. The first-order valence-corrected chi connectivity index (χ1v) is 10.2. The second kappa shape index (κ2) is 8.81. The van der Waals surface area contributed by atoms with Crippen molar-refractivity contribution in [2.45, 2.75) is 75.4 Å². The molecule has 1 atom stereocenters. The zero-order valence-electron chi connectivity index (χ0n) is 16.6. The molecule has 0 saturated heterocycles. The summed E-state index contributed by atoms with van der Waals surface area (Å²) in [5.41, 5.74) is 4.93. The SMILES string of the molecule is N#CCC1(n2cc(C(N)=O)c(NC(O)C3CC3)n2)CCC(NCCC(F)(F)F)CC1. The summed E-state index contributed by atoms with van der Waals surface area (Å²) < 4.78 is 38.6. The van der Waals surface area contributed by atoms with Gasteiger partial charge in [0.05, 0.1) is 24.4 Å². The lowest BCUT2D eigenvalue weighted by molar-refractivity contribution is -0.133. The van der Waals surface area contributed by atoms with E-state index in [2.05, 4.69) is 21.8 Å². The van der Waals surface area contributed by atoms with Crippen molar-refractivity contribution in [3.63, 3.8) is 0 Å². The van der Waals surface area contributed by atoms with Crippen molar-refractivity contribution < 1.29 is 23.1 Å². The second-order valence-corrected chi connectivity index (χ2v) is 8.28. The normalized spacial score (nSPS) is 25.5. The summed E-state index contributed by atoms with van der Waals surface area (Å²) in [5.74, 6) is -0.395. The molecule has 1 unspecified atom stereocenters. The second-order valence-electron chi connectivity index (χ2n) is 8.28. The maximum Gasteiger partial charge on any atom is 0.390 e. The molecule has 1 amide bonds. The summed E-state index contributed by atoms with van der Waals surface area (Å²) in [7, 11) is 0. The summed E-state index contributed by atoms with van der Waals surface area (Å²) >= 11 is 0. The van der Waals surface area contributed by atoms with Gasteiger partial charge in [-0.05, 0) is 38.5 Å². The third kappa shape index (κ3) is 5.43. The highest BCUT2D eigenvalue weighted by Crippen LogP contribution is 2.39. The van der Waals surface area contributed by atoms with Crippen molar-refractivity contribution >= 4 is 11.7 Å². The van der Waals surface area contributed by atoms with Crippen LogP contribution in [0.3, 0.4) is 0 Å². The number of anilines is 1. The monoisotopic (exact) mass is 428 g/mol. The van der Waals surface area contributed by atoms with Crippen molar-refractivity contribution in [1.29, 1.82) is 5.26 Å². The Kier molecular flexibility index (Phi) is 6.57. The fourth-order valence-corrected chi connectivity index (χ4v) is 3.99. The van der Waals surface area contributed by atoms with E-state index in [1.807, 2.05) is 0 Å². The van der Waals surface area contributed by atoms with Gasteiger partial charge in [-0.25, -0.2) is 0 Å². The van der Waals surface area contributed by atoms with Gasteiger partial charge in [0.25, 0.3) is 5.91 Å². The minimum Gasteiger partial charge on any atom is -0.373 e. The molecule has 2 fully saturated rings. The third-order valence-corrected chi connectivity index (χ3v) is 5.98. The number of nitriles is 1. The summed E-state index contributed by atoms with van der Waals surface area (Å²) in [6, 6.07) is 2.10. The van der Waals surface area contributed by atoms with Crippen LogP contribution < -0.4 is 16.4 Å². The molecule has 0 radical (unpaired) electrons. The Morgan fingerprint density at radius 2 is 2.07 bits per heavy atom. The average Bonchev–Trinajstić information content (AvgIpc) is 3.43. The number of halogens is 3. The maximum atomic E-state index is 12.4. The molecule has 11 heteroatoms. The Balaban J connectivity index is 1.71. The number of aliphatic hydroxyl groups excluding tert-OH is 1. The summed E-state index contributed by atoms with van der Waals surface area (Å²) in [5, 5.41) is 29.8. The quantitative estimate of drug-likeness (QED) is 0.447. The van der Waals surface area contributed by atoms with E-state index in [1.54, 1.807) is 4.68 Å². The number of carbonyl (C=O) groups is 1. The molecular weight excluding hydrogens is 401 g/mol. The number of alkyl halides is 3. The number of hydrogen-bond acceptors (Lipinski definition) is 6. The highest BCUT2D eigenvalue weighted by Gasteiger charge is 2.39. The topological polar surface area (TPSA) is 129 Å². The van der Waals surface area contributed by atoms with E-state index in [0.29, 0.717) is 25.7 Å². The number of carbonyl (C=O) groups excluding carboxylic acids is 1.